The summed E-state index contributed by atoms with van der Waals surface area (Å²) in [5, 5.41) is 12.4. The van der Waals surface area contributed by atoms with E-state index in [0.29, 0.717) is 5.69 Å². The minimum Gasteiger partial charge on any atom is -0.481 e. The number of fused-ring (bicyclic) bond motifs is 3. The Balaban J connectivity index is 1.52. The number of aromatic nitrogens is 1. The summed E-state index contributed by atoms with van der Waals surface area (Å²) in [5.41, 5.74) is 1.63. The van der Waals surface area contributed by atoms with Gasteiger partial charge in [-0.25, -0.2) is 4.98 Å². The normalized spacial score (nSPS) is 26.5. The van der Waals surface area contributed by atoms with Crippen LogP contribution < -0.4 is 5.32 Å². The first-order valence-corrected chi connectivity index (χ1v) is 10.6. The number of anilines is 1. The number of hydrogen-bond acceptors (Lipinski definition) is 5. The van der Waals surface area contributed by atoms with Crippen molar-refractivity contribution in [2.24, 2.45) is 23.7 Å². The minimum atomic E-state index is -0.877. The number of carboxylic acid groups (broad SMARTS) is 1. The van der Waals surface area contributed by atoms with Crippen LogP contribution in [0, 0.1) is 23.7 Å². The fraction of sp³-hybridized carbons (Fsp3) is 0.421. The molecule has 7 heteroatoms. The number of amides is 1. The molecule has 136 valence electrons. The number of rotatable bonds is 6. The first-order chi connectivity index (χ1) is 12.6. The molecule has 1 saturated carbocycles. The van der Waals surface area contributed by atoms with Crippen molar-refractivity contribution in [1.82, 2.24) is 4.98 Å². The van der Waals surface area contributed by atoms with Crippen LogP contribution in [-0.4, -0.2) is 27.7 Å². The number of carbonyl (C=O) groups excluding carboxylic acids is 1. The van der Waals surface area contributed by atoms with E-state index in [9.17, 15) is 14.7 Å². The van der Waals surface area contributed by atoms with E-state index >= 15 is 0 Å². The SMILES string of the molecule is CCCSc1nc2ccc(NC(=O)[C@@H]3[C@H](C(=O)O)[C@H]4C=C[C@H]3C4)cc2s1. The fourth-order valence-electron chi connectivity index (χ4n) is 3.97. The van der Waals surface area contributed by atoms with Crippen molar-refractivity contribution in [3.05, 3.63) is 30.4 Å². The molecule has 4 atom stereocenters. The summed E-state index contributed by atoms with van der Waals surface area (Å²) in [6.45, 7) is 2.14. The summed E-state index contributed by atoms with van der Waals surface area (Å²) in [6.07, 6.45) is 5.82. The molecular formula is C19H20N2O3S2. The number of nitrogens with one attached hydrogen (secondary N) is 1. The van der Waals surface area contributed by atoms with Gasteiger partial charge in [-0.3, -0.25) is 9.59 Å². The largest absolute Gasteiger partial charge is 0.481 e. The zero-order valence-electron chi connectivity index (χ0n) is 14.3. The lowest BCUT2D eigenvalue weighted by molar-refractivity contribution is -0.146. The summed E-state index contributed by atoms with van der Waals surface area (Å²) < 4.78 is 2.07. The lowest BCUT2D eigenvalue weighted by atomic mass is 9.82. The number of thiazole rings is 1. The first kappa shape index (κ1) is 17.5. The molecule has 0 unspecified atom stereocenters. The van der Waals surface area contributed by atoms with E-state index in [0.717, 1.165) is 33.2 Å². The lowest BCUT2D eigenvalue weighted by Gasteiger charge is -2.23. The van der Waals surface area contributed by atoms with Gasteiger partial charge in [0.05, 0.1) is 22.1 Å². The molecule has 4 rings (SSSR count). The average molecular weight is 389 g/mol. The lowest BCUT2D eigenvalue weighted by Crippen LogP contribution is -2.36. The number of carboxylic acids is 1. The van der Waals surface area contributed by atoms with Crippen molar-refractivity contribution in [1.29, 1.82) is 0 Å². The molecular weight excluding hydrogens is 368 g/mol. The van der Waals surface area contributed by atoms with Crippen molar-refractivity contribution in [3.8, 4) is 0 Å². The maximum Gasteiger partial charge on any atom is 0.307 e. The Labute approximate surface area is 159 Å². The molecule has 2 bridgehead atoms. The van der Waals surface area contributed by atoms with Crippen molar-refractivity contribution in [2.45, 2.75) is 24.1 Å². The van der Waals surface area contributed by atoms with Gasteiger partial charge in [0.25, 0.3) is 0 Å². The second-order valence-corrected chi connectivity index (χ2v) is 9.21. The molecule has 2 aliphatic rings. The molecule has 2 aliphatic carbocycles. The topological polar surface area (TPSA) is 79.3 Å². The van der Waals surface area contributed by atoms with Gasteiger partial charge in [-0.2, -0.15) is 0 Å². The van der Waals surface area contributed by atoms with Gasteiger partial charge in [0, 0.05) is 11.4 Å². The molecule has 0 saturated heterocycles. The maximum atomic E-state index is 12.8. The second-order valence-electron chi connectivity index (χ2n) is 6.84. The Kier molecular flexibility index (Phi) is 4.75. The van der Waals surface area contributed by atoms with Crippen molar-refractivity contribution < 1.29 is 14.7 Å². The highest BCUT2D eigenvalue weighted by Gasteiger charge is 2.51. The molecule has 1 fully saturated rings. The molecule has 1 aromatic carbocycles. The quantitative estimate of drug-likeness (QED) is 0.571. The van der Waals surface area contributed by atoms with E-state index < -0.39 is 17.8 Å². The van der Waals surface area contributed by atoms with Gasteiger partial charge in [0.15, 0.2) is 4.34 Å². The van der Waals surface area contributed by atoms with Gasteiger partial charge >= 0.3 is 5.97 Å². The summed E-state index contributed by atoms with van der Waals surface area (Å²) in [5.74, 6) is -1.13. The third kappa shape index (κ3) is 3.14. The Hall–Kier alpha value is -1.86. The summed E-state index contributed by atoms with van der Waals surface area (Å²) in [6, 6.07) is 5.68. The third-order valence-electron chi connectivity index (χ3n) is 5.11. The number of thioether (sulfide) groups is 1. The van der Waals surface area contributed by atoms with Crippen molar-refractivity contribution in [2.75, 3.05) is 11.1 Å². The highest BCUT2D eigenvalue weighted by molar-refractivity contribution is 8.01. The van der Waals surface area contributed by atoms with Crippen LogP contribution in [0.5, 0.6) is 0 Å². The van der Waals surface area contributed by atoms with Crippen molar-refractivity contribution >= 4 is 50.9 Å². The predicted octanol–water partition coefficient (Wildman–Crippen LogP) is 4.26. The first-order valence-electron chi connectivity index (χ1n) is 8.82. The number of allylic oxidation sites excluding steroid dienone is 2. The molecule has 5 nitrogen and oxygen atoms in total. The van der Waals surface area contributed by atoms with Gasteiger partial charge in [-0.15, -0.1) is 11.3 Å². The van der Waals surface area contributed by atoms with Crippen LogP contribution in [0.25, 0.3) is 10.2 Å². The highest BCUT2D eigenvalue weighted by Crippen LogP contribution is 2.48. The highest BCUT2D eigenvalue weighted by atomic mass is 32.2. The van der Waals surface area contributed by atoms with E-state index in [1.165, 1.54) is 0 Å². The number of nitrogens with zero attached hydrogens (tertiary/aromatic N) is 1. The van der Waals surface area contributed by atoms with E-state index in [1.807, 2.05) is 30.4 Å². The molecule has 1 amide bonds. The van der Waals surface area contributed by atoms with E-state index in [2.05, 4.69) is 17.2 Å². The zero-order valence-corrected chi connectivity index (χ0v) is 16.0. The average Bonchev–Trinajstić information content (AvgIpc) is 3.32. The van der Waals surface area contributed by atoms with Crippen LogP contribution in [-0.2, 0) is 9.59 Å². The molecule has 0 aliphatic heterocycles. The van der Waals surface area contributed by atoms with Gasteiger partial charge in [-0.1, -0.05) is 30.8 Å². The van der Waals surface area contributed by atoms with Crippen LogP contribution >= 0.6 is 23.1 Å². The Morgan fingerprint density at radius 1 is 1.31 bits per heavy atom. The molecule has 0 spiro atoms. The number of aliphatic carboxylic acids is 1. The van der Waals surface area contributed by atoms with Crippen molar-refractivity contribution in [3.63, 3.8) is 0 Å². The molecule has 1 aromatic heterocycles. The van der Waals surface area contributed by atoms with Gasteiger partial charge in [0.2, 0.25) is 5.91 Å². The predicted molar refractivity (Wildman–Crippen MR) is 105 cm³/mol. The fourth-order valence-corrected chi connectivity index (χ4v) is 6.01. The maximum absolute atomic E-state index is 12.8. The summed E-state index contributed by atoms with van der Waals surface area (Å²) in [4.78, 5) is 29.0. The standard InChI is InChI=1S/C19H20N2O3S2/c1-2-7-25-19-21-13-6-5-12(9-14(13)26-19)20-17(22)15-10-3-4-11(8-10)16(15)18(23)24/h3-6,9-11,15-16H,2,7-8H2,1H3,(H,20,22)(H,23,24)/t10-,11-,15-,16+/m0/s1. The van der Waals surface area contributed by atoms with Gasteiger partial charge in [0.1, 0.15) is 0 Å². The third-order valence-corrected chi connectivity index (χ3v) is 7.48. The monoisotopic (exact) mass is 388 g/mol. The van der Waals surface area contributed by atoms with E-state index in [1.54, 1.807) is 23.1 Å². The molecule has 1 heterocycles. The number of benzene rings is 1. The van der Waals surface area contributed by atoms with Crippen LogP contribution in [0.3, 0.4) is 0 Å². The van der Waals surface area contributed by atoms with Gasteiger partial charge < -0.3 is 10.4 Å². The van der Waals surface area contributed by atoms with Crippen LogP contribution in [0.15, 0.2) is 34.7 Å². The van der Waals surface area contributed by atoms with Crippen LogP contribution in [0.2, 0.25) is 0 Å². The number of hydrogen-bond donors (Lipinski definition) is 2. The zero-order chi connectivity index (χ0) is 18.3. The van der Waals surface area contributed by atoms with Crippen LogP contribution in [0.4, 0.5) is 5.69 Å². The van der Waals surface area contributed by atoms with E-state index in [-0.39, 0.29) is 17.7 Å². The number of carbonyl (C=O) groups is 2. The Morgan fingerprint density at radius 3 is 2.81 bits per heavy atom. The second kappa shape index (κ2) is 7.04. The Bertz CT molecular complexity index is 892. The molecule has 26 heavy (non-hydrogen) atoms. The summed E-state index contributed by atoms with van der Waals surface area (Å²) >= 11 is 3.37. The van der Waals surface area contributed by atoms with E-state index in [4.69, 9.17) is 0 Å². The smallest absolute Gasteiger partial charge is 0.307 e. The Morgan fingerprint density at radius 2 is 2.08 bits per heavy atom. The van der Waals surface area contributed by atoms with Gasteiger partial charge in [-0.05, 0) is 42.9 Å². The summed E-state index contributed by atoms with van der Waals surface area (Å²) in [7, 11) is 0. The van der Waals surface area contributed by atoms with Crippen LogP contribution in [0.1, 0.15) is 19.8 Å². The molecule has 0 radical (unpaired) electrons. The minimum absolute atomic E-state index is 0.0182. The molecule has 2 aromatic rings. The molecule has 2 N–H and O–H groups in total.